The van der Waals surface area contributed by atoms with Gasteiger partial charge in [0.05, 0.1) is 13.0 Å². The minimum atomic E-state index is -1.48. The monoisotopic (exact) mass is 258 g/mol. The van der Waals surface area contributed by atoms with Crippen LogP contribution < -0.4 is 5.32 Å². The van der Waals surface area contributed by atoms with Gasteiger partial charge < -0.3 is 20.4 Å². The number of rotatable bonds is 6. The maximum Gasteiger partial charge on any atom is 0.326 e. The molecule has 3 N–H and O–H groups in total. The normalized spacial score (nSPS) is 16.4. The summed E-state index contributed by atoms with van der Waals surface area (Å²) in [6.45, 7) is 0.227. The fraction of sp³-hybridized carbons (Fsp3) is 0.600. The van der Waals surface area contributed by atoms with Crippen molar-refractivity contribution in [1.82, 2.24) is 10.2 Å². The Hall–Kier alpha value is -2.12. The molecule has 18 heavy (non-hydrogen) atoms. The van der Waals surface area contributed by atoms with Crippen LogP contribution in [0.2, 0.25) is 0 Å². The molecule has 1 atom stereocenters. The molecule has 1 heterocycles. The van der Waals surface area contributed by atoms with E-state index in [9.17, 15) is 19.2 Å². The molecule has 8 nitrogen and oxygen atoms in total. The van der Waals surface area contributed by atoms with Gasteiger partial charge >= 0.3 is 11.9 Å². The van der Waals surface area contributed by atoms with E-state index < -0.39 is 30.3 Å². The van der Waals surface area contributed by atoms with Crippen LogP contribution in [0.25, 0.3) is 0 Å². The van der Waals surface area contributed by atoms with Gasteiger partial charge in [-0.15, -0.1) is 0 Å². The number of amides is 2. The summed E-state index contributed by atoms with van der Waals surface area (Å²) in [5.74, 6) is -3.56. The molecule has 1 saturated heterocycles. The molecule has 0 bridgehead atoms. The third kappa shape index (κ3) is 4.04. The van der Waals surface area contributed by atoms with Gasteiger partial charge in [0, 0.05) is 13.0 Å². The first-order valence-electron chi connectivity index (χ1n) is 5.42. The molecule has 2 amide bonds. The number of carbonyl (C=O) groups excluding carboxylic acids is 2. The molecule has 1 aliphatic heterocycles. The topological polar surface area (TPSA) is 124 Å². The lowest BCUT2D eigenvalue weighted by Gasteiger charge is -2.17. The number of carboxylic acid groups (broad SMARTS) is 2. The standard InChI is InChI=1S/C10H14N2O6/c13-7(5-12-3-1-2-8(12)14)11-6(10(17)18)4-9(15)16/h6H,1-5H2,(H,11,13)(H,15,16)(H,17,18)/t6-/m1/s1. The Morgan fingerprint density at radius 3 is 2.44 bits per heavy atom. The zero-order valence-corrected chi connectivity index (χ0v) is 9.59. The number of carboxylic acids is 2. The Balaban J connectivity index is 2.48. The van der Waals surface area contributed by atoms with Crippen molar-refractivity contribution in [3.63, 3.8) is 0 Å². The summed E-state index contributed by atoms with van der Waals surface area (Å²) in [5.41, 5.74) is 0. The van der Waals surface area contributed by atoms with E-state index in [0.717, 1.165) is 0 Å². The minimum Gasteiger partial charge on any atom is -0.481 e. The number of nitrogens with one attached hydrogen (secondary N) is 1. The van der Waals surface area contributed by atoms with Crippen LogP contribution in [0.1, 0.15) is 19.3 Å². The summed E-state index contributed by atoms with van der Waals surface area (Å²) in [4.78, 5) is 45.2. The van der Waals surface area contributed by atoms with Gasteiger partial charge in [0.1, 0.15) is 6.04 Å². The molecule has 100 valence electrons. The summed E-state index contributed by atoms with van der Waals surface area (Å²) in [7, 11) is 0. The minimum absolute atomic E-state index is 0.157. The Morgan fingerprint density at radius 2 is 2.00 bits per heavy atom. The zero-order chi connectivity index (χ0) is 13.7. The molecule has 0 unspecified atom stereocenters. The van der Waals surface area contributed by atoms with E-state index in [1.165, 1.54) is 4.90 Å². The average molecular weight is 258 g/mol. The number of nitrogens with zero attached hydrogens (tertiary/aromatic N) is 1. The molecule has 1 aliphatic rings. The van der Waals surface area contributed by atoms with Crippen LogP contribution in [-0.4, -0.2) is 58.0 Å². The number of likely N-dealkylation sites (tertiary alicyclic amines) is 1. The van der Waals surface area contributed by atoms with Crippen LogP contribution in [0.15, 0.2) is 0 Å². The highest BCUT2D eigenvalue weighted by Gasteiger charge is 2.26. The fourth-order valence-corrected chi connectivity index (χ4v) is 1.66. The molecule has 8 heteroatoms. The lowest BCUT2D eigenvalue weighted by Crippen LogP contribution is -2.46. The summed E-state index contributed by atoms with van der Waals surface area (Å²) in [6.07, 6.45) is 0.351. The van der Waals surface area contributed by atoms with Gasteiger partial charge in [-0.05, 0) is 6.42 Å². The highest BCUT2D eigenvalue weighted by Crippen LogP contribution is 2.08. The van der Waals surface area contributed by atoms with Crippen molar-refractivity contribution in [1.29, 1.82) is 0 Å². The van der Waals surface area contributed by atoms with Crippen molar-refractivity contribution in [3.8, 4) is 0 Å². The highest BCUT2D eigenvalue weighted by atomic mass is 16.4. The van der Waals surface area contributed by atoms with Gasteiger partial charge in [-0.1, -0.05) is 0 Å². The van der Waals surface area contributed by atoms with Crippen LogP contribution in [0.3, 0.4) is 0 Å². The molecule has 0 aromatic carbocycles. The van der Waals surface area contributed by atoms with Crippen LogP contribution >= 0.6 is 0 Å². The van der Waals surface area contributed by atoms with E-state index in [4.69, 9.17) is 10.2 Å². The van der Waals surface area contributed by atoms with Crippen LogP contribution in [0, 0.1) is 0 Å². The van der Waals surface area contributed by atoms with Crippen molar-refractivity contribution in [2.24, 2.45) is 0 Å². The fourth-order valence-electron chi connectivity index (χ4n) is 1.66. The van der Waals surface area contributed by atoms with Gasteiger partial charge in [0.15, 0.2) is 0 Å². The third-order valence-electron chi connectivity index (χ3n) is 2.52. The molecule has 0 aromatic rings. The zero-order valence-electron chi connectivity index (χ0n) is 9.59. The van der Waals surface area contributed by atoms with E-state index in [1.807, 2.05) is 0 Å². The second kappa shape index (κ2) is 5.99. The molecule has 0 radical (unpaired) electrons. The molecule has 1 fully saturated rings. The van der Waals surface area contributed by atoms with Gasteiger partial charge in [0.2, 0.25) is 11.8 Å². The van der Waals surface area contributed by atoms with Crippen LogP contribution in [-0.2, 0) is 19.2 Å². The van der Waals surface area contributed by atoms with Crippen molar-refractivity contribution in [2.45, 2.75) is 25.3 Å². The first kappa shape index (κ1) is 13.9. The Bertz CT molecular complexity index is 381. The summed E-state index contributed by atoms with van der Waals surface area (Å²) < 4.78 is 0. The third-order valence-corrected chi connectivity index (χ3v) is 2.52. The number of hydrogen-bond acceptors (Lipinski definition) is 4. The lowest BCUT2D eigenvalue weighted by molar-refractivity contribution is -0.147. The van der Waals surface area contributed by atoms with Gasteiger partial charge in [0.25, 0.3) is 0 Å². The molecule has 0 saturated carbocycles. The summed E-state index contributed by atoms with van der Waals surface area (Å²) in [5, 5.41) is 19.3. The van der Waals surface area contributed by atoms with Crippen molar-refractivity contribution in [2.75, 3.05) is 13.1 Å². The Kier molecular flexibility index (Phi) is 4.64. The first-order chi connectivity index (χ1) is 8.40. The summed E-state index contributed by atoms with van der Waals surface area (Å²) >= 11 is 0. The number of carbonyl (C=O) groups is 4. The van der Waals surface area contributed by atoms with E-state index >= 15 is 0 Å². The quantitative estimate of drug-likeness (QED) is 0.541. The van der Waals surface area contributed by atoms with E-state index in [-0.39, 0.29) is 12.5 Å². The number of hydrogen-bond donors (Lipinski definition) is 3. The van der Waals surface area contributed by atoms with E-state index in [0.29, 0.717) is 19.4 Å². The van der Waals surface area contributed by atoms with Crippen LogP contribution in [0.4, 0.5) is 0 Å². The van der Waals surface area contributed by atoms with Gasteiger partial charge in [-0.2, -0.15) is 0 Å². The smallest absolute Gasteiger partial charge is 0.326 e. The van der Waals surface area contributed by atoms with Crippen molar-refractivity contribution in [3.05, 3.63) is 0 Å². The van der Waals surface area contributed by atoms with Crippen LogP contribution in [0.5, 0.6) is 0 Å². The van der Waals surface area contributed by atoms with Gasteiger partial charge in [-0.25, -0.2) is 4.79 Å². The molecular formula is C10H14N2O6. The maximum atomic E-state index is 11.5. The molecule has 0 spiro atoms. The lowest BCUT2D eigenvalue weighted by atomic mass is 10.2. The Morgan fingerprint density at radius 1 is 1.33 bits per heavy atom. The summed E-state index contributed by atoms with van der Waals surface area (Å²) in [6, 6.07) is -1.48. The van der Waals surface area contributed by atoms with E-state index in [2.05, 4.69) is 5.32 Å². The molecular weight excluding hydrogens is 244 g/mol. The van der Waals surface area contributed by atoms with Gasteiger partial charge in [-0.3, -0.25) is 14.4 Å². The predicted octanol–water partition coefficient (Wildman–Crippen LogP) is -1.35. The van der Waals surface area contributed by atoms with Crippen molar-refractivity contribution < 1.29 is 29.4 Å². The Labute approximate surface area is 103 Å². The van der Waals surface area contributed by atoms with E-state index in [1.54, 1.807) is 0 Å². The van der Waals surface area contributed by atoms with Crippen molar-refractivity contribution >= 4 is 23.8 Å². The first-order valence-corrected chi connectivity index (χ1v) is 5.42. The second-order valence-electron chi connectivity index (χ2n) is 3.98. The number of aliphatic carboxylic acids is 2. The SMILES string of the molecule is O=C(O)C[C@@H](NC(=O)CN1CCCC1=O)C(=O)O. The average Bonchev–Trinajstić information content (AvgIpc) is 2.62. The highest BCUT2D eigenvalue weighted by molar-refractivity contribution is 5.90. The maximum absolute atomic E-state index is 11.5. The predicted molar refractivity (Wildman–Crippen MR) is 57.6 cm³/mol. The molecule has 1 rings (SSSR count). The molecule has 0 aromatic heterocycles. The largest absolute Gasteiger partial charge is 0.481 e. The molecule has 0 aliphatic carbocycles. The second-order valence-corrected chi connectivity index (χ2v) is 3.98.